The highest BCUT2D eigenvalue weighted by Gasteiger charge is 2.45. The third-order valence-corrected chi connectivity index (χ3v) is 3.73. The Balaban J connectivity index is 2.95. The Morgan fingerprint density at radius 2 is 1.92 bits per heavy atom. The Kier molecular flexibility index (Phi) is 8.03. The van der Waals surface area contributed by atoms with Gasteiger partial charge in [-0.2, -0.15) is 0 Å². The summed E-state index contributed by atoms with van der Waals surface area (Å²) >= 11 is 0. The van der Waals surface area contributed by atoms with Gasteiger partial charge in [-0.05, 0) is 6.92 Å². The lowest BCUT2D eigenvalue weighted by Crippen LogP contribution is -2.58. The number of benzene rings is 1. The first-order valence-corrected chi connectivity index (χ1v) is 7.57. The highest BCUT2D eigenvalue weighted by Crippen LogP contribution is 2.23. The molecule has 0 aliphatic rings. The number of aliphatic hydroxyl groups is 4. The molecule has 1 rings (SSSR count). The van der Waals surface area contributed by atoms with Crippen molar-refractivity contribution in [3.63, 3.8) is 0 Å². The van der Waals surface area contributed by atoms with Crippen LogP contribution in [-0.4, -0.2) is 68.5 Å². The van der Waals surface area contributed by atoms with E-state index >= 15 is 0 Å². The fraction of sp³-hybridized carbons (Fsp3) is 0.471. The first-order valence-electron chi connectivity index (χ1n) is 7.57. The summed E-state index contributed by atoms with van der Waals surface area (Å²) in [6.45, 7) is 4.10. The summed E-state index contributed by atoms with van der Waals surface area (Å²) < 4.78 is 5.91. The molecular weight excluding hydrogens is 314 g/mol. The summed E-state index contributed by atoms with van der Waals surface area (Å²) in [6.07, 6.45) is -2.29. The fourth-order valence-corrected chi connectivity index (χ4v) is 2.19. The van der Waals surface area contributed by atoms with Crippen LogP contribution >= 0.6 is 0 Å². The standard InChI is InChI=1S/C17H25NO6/c1-3-9-24-17(2,16(22)14(20)12-19)15(21)11-18(23)10-13-7-5-4-6-8-13/h3-8,11,14-16,19-22H,1,9-10,12H2,2H3/b18-11-/t14-,15+,16-,17-/m1/s1. The van der Waals surface area contributed by atoms with Gasteiger partial charge in [0.1, 0.15) is 17.8 Å². The lowest BCUT2D eigenvalue weighted by atomic mass is 9.89. The molecule has 7 heteroatoms. The van der Waals surface area contributed by atoms with E-state index in [9.17, 15) is 20.5 Å². The highest BCUT2D eigenvalue weighted by molar-refractivity contribution is 5.60. The SMILES string of the molecule is C=CCO[C@@](C)([C@H](O)[C@H](O)CO)[C@@H](O)/C=[N+](\[O-])Cc1ccccc1. The number of rotatable bonds is 10. The van der Waals surface area contributed by atoms with E-state index in [1.807, 2.05) is 6.07 Å². The molecule has 0 heterocycles. The quantitative estimate of drug-likeness (QED) is 0.154. The minimum Gasteiger partial charge on any atom is -0.624 e. The first-order chi connectivity index (χ1) is 11.3. The summed E-state index contributed by atoms with van der Waals surface area (Å²) in [5, 5.41) is 51.2. The molecule has 1 aromatic rings. The van der Waals surface area contributed by atoms with Gasteiger partial charge in [-0.15, -0.1) is 6.58 Å². The maximum absolute atomic E-state index is 12.0. The van der Waals surface area contributed by atoms with Gasteiger partial charge in [0.05, 0.1) is 13.2 Å². The number of nitrogens with zero attached hydrogens (tertiary/aromatic N) is 1. The Labute approximate surface area is 141 Å². The van der Waals surface area contributed by atoms with Crippen LogP contribution < -0.4 is 0 Å². The Bertz CT molecular complexity index is 535. The molecule has 0 aromatic heterocycles. The van der Waals surface area contributed by atoms with E-state index in [1.165, 1.54) is 13.0 Å². The molecule has 0 spiro atoms. The van der Waals surface area contributed by atoms with Crippen molar-refractivity contribution in [2.75, 3.05) is 13.2 Å². The van der Waals surface area contributed by atoms with Crippen LogP contribution in [0.5, 0.6) is 0 Å². The Morgan fingerprint density at radius 3 is 2.46 bits per heavy atom. The molecule has 0 aliphatic heterocycles. The van der Waals surface area contributed by atoms with Crippen LogP contribution in [0.25, 0.3) is 0 Å². The first kappa shape index (κ1) is 20.3. The van der Waals surface area contributed by atoms with E-state index in [0.29, 0.717) is 4.74 Å². The van der Waals surface area contributed by atoms with E-state index < -0.39 is 30.5 Å². The summed E-state index contributed by atoms with van der Waals surface area (Å²) in [5.41, 5.74) is -0.948. The molecule has 4 atom stereocenters. The molecule has 0 bridgehead atoms. The molecule has 1 aromatic carbocycles. The second-order valence-electron chi connectivity index (χ2n) is 5.63. The van der Waals surface area contributed by atoms with Gasteiger partial charge < -0.3 is 30.4 Å². The summed E-state index contributed by atoms with van der Waals surface area (Å²) in [7, 11) is 0. The molecular formula is C17H25NO6. The Hall–Kier alpha value is -1.77. The second-order valence-corrected chi connectivity index (χ2v) is 5.63. The van der Waals surface area contributed by atoms with Crippen LogP contribution in [0.4, 0.5) is 0 Å². The monoisotopic (exact) mass is 339 g/mol. The van der Waals surface area contributed by atoms with E-state index in [-0.39, 0.29) is 13.2 Å². The zero-order valence-corrected chi connectivity index (χ0v) is 13.7. The molecule has 7 nitrogen and oxygen atoms in total. The summed E-state index contributed by atoms with van der Waals surface area (Å²) in [4.78, 5) is 0. The lowest BCUT2D eigenvalue weighted by molar-refractivity contribution is -0.474. The van der Waals surface area contributed by atoms with Crippen molar-refractivity contribution >= 4 is 6.21 Å². The number of hydrogen-bond donors (Lipinski definition) is 4. The molecule has 0 saturated carbocycles. The van der Waals surface area contributed by atoms with Gasteiger partial charge in [0, 0.05) is 5.56 Å². The highest BCUT2D eigenvalue weighted by atomic mass is 16.5. The molecule has 0 aliphatic carbocycles. The Morgan fingerprint density at radius 1 is 1.29 bits per heavy atom. The topological polar surface area (TPSA) is 116 Å². The van der Waals surface area contributed by atoms with Gasteiger partial charge in [-0.25, -0.2) is 4.74 Å². The maximum Gasteiger partial charge on any atom is 0.183 e. The third-order valence-electron chi connectivity index (χ3n) is 3.73. The third kappa shape index (κ3) is 5.40. The van der Waals surface area contributed by atoms with Crippen molar-refractivity contribution < 1.29 is 29.9 Å². The van der Waals surface area contributed by atoms with Crippen LogP contribution in [0.1, 0.15) is 12.5 Å². The van der Waals surface area contributed by atoms with Gasteiger partial charge in [0.15, 0.2) is 18.9 Å². The molecule has 0 saturated heterocycles. The van der Waals surface area contributed by atoms with Gasteiger partial charge in [-0.1, -0.05) is 36.4 Å². The van der Waals surface area contributed by atoms with Crippen LogP contribution in [0.15, 0.2) is 43.0 Å². The van der Waals surface area contributed by atoms with Crippen molar-refractivity contribution in [1.29, 1.82) is 0 Å². The number of hydrogen-bond acceptors (Lipinski definition) is 6. The van der Waals surface area contributed by atoms with Gasteiger partial charge in [-0.3, -0.25) is 0 Å². The molecule has 0 amide bonds. The summed E-state index contributed by atoms with van der Waals surface area (Å²) in [5.74, 6) is 0. The van der Waals surface area contributed by atoms with Gasteiger partial charge in [0.25, 0.3) is 0 Å². The van der Waals surface area contributed by atoms with Crippen molar-refractivity contribution in [2.45, 2.75) is 37.4 Å². The minimum absolute atomic E-state index is 0.00802. The molecule has 24 heavy (non-hydrogen) atoms. The average molecular weight is 339 g/mol. The molecule has 4 N–H and O–H groups in total. The summed E-state index contributed by atoms with van der Waals surface area (Å²) in [6, 6.07) is 8.94. The zero-order chi connectivity index (χ0) is 18.2. The van der Waals surface area contributed by atoms with Crippen molar-refractivity contribution in [3.05, 3.63) is 53.8 Å². The molecule has 0 radical (unpaired) electrons. The largest absolute Gasteiger partial charge is 0.624 e. The number of ether oxygens (including phenoxy) is 1. The predicted octanol–water partition coefficient (Wildman–Crippen LogP) is -0.196. The van der Waals surface area contributed by atoms with Crippen molar-refractivity contribution in [2.24, 2.45) is 0 Å². The van der Waals surface area contributed by atoms with E-state index in [2.05, 4.69) is 6.58 Å². The molecule has 0 fully saturated rings. The van der Waals surface area contributed by atoms with E-state index in [1.54, 1.807) is 24.3 Å². The van der Waals surface area contributed by atoms with Crippen LogP contribution in [0, 0.1) is 5.21 Å². The van der Waals surface area contributed by atoms with Crippen LogP contribution in [0.3, 0.4) is 0 Å². The number of aliphatic hydroxyl groups excluding tert-OH is 4. The smallest absolute Gasteiger partial charge is 0.183 e. The normalized spacial score (nSPS) is 18.5. The van der Waals surface area contributed by atoms with E-state index in [0.717, 1.165) is 11.8 Å². The average Bonchev–Trinajstić information content (AvgIpc) is 2.58. The van der Waals surface area contributed by atoms with Crippen molar-refractivity contribution in [1.82, 2.24) is 0 Å². The second kappa shape index (κ2) is 9.51. The van der Waals surface area contributed by atoms with Gasteiger partial charge >= 0.3 is 0 Å². The predicted molar refractivity (Wildman–Crippen MR) is 89.5 cm³/mol. The number of hydroxylamine groups is 1. The maximum atomic E-state index is 12.0. The van der Waals surface area contributed by atoms with E-state index in [4.69, 9.17) is 9.84 Å². The van der Waals surface area contributed by atoms with Crippen molar-refractivity contribution in [3.8, 4) is 0 Å². The minimum atomic E-state index is -1.70. The van der Waals surface area contributed by atoms with Gasteiger partial charge in [0.2, 0.25) is 0 Å². The van der Waals surface area contributed by atoms with Crippen LogP contribution in [-0.2, 0) is 11.3 Å². The zero-order valence-electron chi connectivity index (χ0n) is 13.7. The molecule has 0 unspecified atom stereocenters. The fourth-order valence-electron chi connectivity index (χ4n) is 2.19. The van der Waals surface area contributed by atoms with Crippen LogP contribution in [0.2, 0.25) is 0 Å². The lowest BCUT2D eigenvalue weighted by Gasteiger charge is -2.37. The molecule has 134 valence electrons.